The van der Waals surface area contributed by atoms with Gasteiger partial charge in [-0.3, -0.25) is 13.9 Å². The van der Waals surface area contributed by atoms with Crippen molar-refractivity contribution in [3.05, 3.63) is 110 Å². The van der Waals surface area contributed by atoms with Crippen LogP contribution in [-0.2, 0) is 20.0 Å². The second kappa shape index (κ2) is 10.8. The van der Waals surface area contributed by atoms with Crippen LogP contribution in [0.25, 0.3) is 0 Å². The Hall–Kier alpha value is -3.58. The van der Waals surface area contributed by atoms with E-state index in [1.807, 2.05) is 43.3 Å². The van der Waals surface area contributed by atoms with Crippen LogP contribution in [0.1, 0.15) is 28.7 Å². The van der Waals surface area contributed by atoms with Gasteiger partial charge in [0.05, 0.1) is 11.3 Å². The number of nitrogens with zero attached hydrogens (tertiary/aromatic N) is 3. The molecule has 0 radical (unpaired) electrons. The first-order valence-electron chi connectivity index (χ1n) is 10.8. The minimum atomic E-state index is -0.475. The molecule has 3 rings (SSSR count). The fourth-order valence-corrected chi connectivity index (χ4v) is 3.54. The van der Waals surface area contributed by atoms with Crippen LogP contribution in [-0.4, -0.2) is 26.6 Å². The molecular formula is C26H28FN3O3. The summed E-state index contributed by atoms with van der Waals surface area (Å²) in [5, 5.41) is 9.08. The SMILES string of the molecule is Cc1cccc(C(C=CCc2ccc(F)cc2)=Nc2c(C)c(=O)n(CCCO)c(=O)n2C)c1. The lowest BCUT2D eigenvalue weighted by Gasteiger charge is -2.13. The molecule has 0 atom stereocenters. The molecule has 1 aromatic heterocycles. The van der Waals surface area contributed by atoms with E-state index in [1.54, 1.807) is 26.1 Å². The summed E-state index contributed by atoms with van der Waals surface area (Å²) in [6, 6.07) is 14.1. The van der Waals surface area contributed by atoms with E-state index in [9.17, 15) is 14.0 Å². The normalized spacial score (nSPS) is 12.0. The molecule has 0 amide bonds. The Kier molecular flexibility index (Phi) is 7.90. The van der Waals surface area contributed by atoms with Crippen molar-refractivity contribution < 1.29 is 9.50 Å². The molecule has 0 saturated carbocycles. The first-order valence-corrected chi connectivity index (χ1v) is 10.8. The van der Waals surface area contributed by atoms with Gasteiger partial charge in [0.15, 0.2) is 0 Å². The van der Waals surface area contributed by atoms with Gasteiger partial charge in [0, 0.05) is 25.8 Å². The molecule has 0 saturated heterocycles. The average Bonchev–Trinajstić information content (AvgIpc) is 2.80. The standard InChI is InChI=1S/C26H28FN3O3/c1-18-7-4-9-21(17-18)23(10-5-8-20-11-13-22(27)14-12-20)28-24-19(2)25(32)30(15-6-16-31)26(33)29(24)3/h4-5,7,9-14,17,31H,6,8,15-16H2,1-3H3. The largest absolute Gasteiger partial charge is 0.396 e. The molecule has 1 N–H and O–H groups in total. The highest BCUT2D eigenvalue weighted by Crippen LogP contribution is 2.17. The Labute approximate surface area is 192 Å². The molecule has 0 aliphatic carbocycles. The van der Waals surface area contributed by atoms with Crippen LogP contribution in [0.3, 0.4) is 0 Å². The molecule has 172 valence electrons. The number of aliphatic imine (C=N–C) groups is 1. The van der Waals surface area contributed by atoms with Gasteiger partial charge < -0.3 is 5.11 Å². The molecule has 6 nitrogen and oxygen atoms in total. The predicted octanol–water partition coefficient (Wildman–Crippen LogP) is 3.61. The number of aromatic nitrogens is 2. The van der Waals surface area contributed by atoms with E-state index in [0.29, 0.717) is 24.1 Å². The summed E-state index contributed by atoms with van der Waals surface area (Å²) < 4.78 is 15.7. The zero-order valence-corrected chi connectivity index (χ0v) is 19.1. The maximum Gasteiger partial charge on any atom is 0.332 e. The molecule has 3 aromatic rings. The van der Waals surface area contributed by atoms with Gasteiger partial charge in [0.1, 0.15) is 11.6 Å². The van der Waals surface area contributed by atoms with Gasteiger partial charge in [0.2, 0.25) is 0 Å². The zero-order valence-electron chi connectivity index (χ0n) is 19.1. The first kappa shape index (κ1) is 24.1. The number of halogens is 1. The lowest BCUT2D eigenvalue weighted by molar-refractivity contribution is 0.277. The van der Waals surface area contributed by atoms with Gasteiger partial charge in [-0.15, -0.1) is 0 Å². The Bertz CT molecular complexity index is 1260. The lowest BCUT2D eigenvalue weighted by atomic mass is 10.1. The second-order valence-corrected chi connectivity index (χ2v) is 7.92. The summed E-state index contributed by atoms with van der Waals surface area (Å²) in [5.74, 6) is 0.00282. The van der Waals surface area contributed by atoms with E-state index in [-0.39, 0.29) is 24.8 Å². The van der Waals surface area contributed by atoms with E-state index in [0.717, 1.165) is 21.3 Å². The van der Waals surface area contributed by atoms with Crippen LogP contribution in [0.2, 0.25) is 0 Å². The molecule has 33 heavy (non-hydrogen) atoms. The van der Waals surface area contributed by atoms with E-state index < -0.39 is 11.2 Å². The van der Waals surface area contributed by atoms with Gasteiger partial charge in [-0.05, 0) is 56.5 Å². The third kappa shape index (κ3) is 5.81. The Morgan fingerprint density at radius 3 is 2.52 bits per heavy atom. The summed E-state index contributed by atoms with van der Waals surface area (Å²) in [7, 11) is 1.58. The first-order chi connectivity index (χ1) is 15.8. The monoisotopic (exact) mass is 449 g/mol. The van der Waals surface area contributed by atoms with E-state index in [1.165, 1.54) is 16.7 Å². The van der Waals surface area contributed by atoms with Crippen molar-refractivity contribution >= 4 is 11.5 Å². The Balaban J connectivity index is 2.08. The highest BCUT2D eigenvalue weighted by Gasteiger charge is 2.14. The molecule has 0 aliphatic rings. The molecule has 7 heteroatoms. The number of hydrogen-bond acceptors (Lipinski definition) is 4. The molecule has 0 unspecified atom stereocenters. The molecule has 1 heterocycles. The number of aliphatic hydroxyl groups excluding tert-OH is 1. The fraction of sp³-hybridized carbons (Fsp3) is 0.269. The van der Waals surface area contributed by atoms with Crippen molar-refractivity contribution in [1.82, 2.24) is 9.13 Å². The molecule has 0 fully saturated rings. The smallest absolute Gasteiger partial charge is 0.332 e. The quantitative estimate of drug-likeness (QED) is 0.534. The van der Waals surface area contributed by atoms with E-state index in [2.05, 4.69) is 0 Å². The van der Waals surface area contributed by atoms with Crippen LogP contribution < -0.4 is 11.2 Å². The summed E-state index contributed by atoms with van der Waals surface area (Å²) in [6.07, 6.45) is 4.66. The van der Waals surface area contributed by atoms with Crippen molar-refractivity contribution in [3.8, 4) is 0 Å². The van der Waals surface area contributed by atoms with Crippen molar-refractivity contribution in [3.63, 3.8) is 0 Å². The molecule has 0 spiro atoms. The van der Waals surface area contributed by atoms with Crippen molar-refractivity contribution in [1.29, 1.82) is 0 Å². The molecular weight excluding hydrogens is 421 g/mol. The van der Waals surface area contributed by atoms with Gasteiger partial charge in [-0.25, -0.2) is 14.2 Å². The number of aryl methyl sites for hydroxylation is 1. The highest BCUT2D eigenvalue weighted by molar-refractivity contribution is 6.10. The highest BCUT2D eigenvalue weighted by atomic mass is 19.1. The minimum absolute atomic E-state index is 0.106. The Morgan fingerprint density at radius 1 is 1.12 bits per heavy atom. The number of aliphatic hydroxyl groups is 1. The molecule has 0 bridgehead atoms. The topological polar surface area (TPSA) is 76.6 Å². The third-order valence-corrected chi connectivity index (χ3v) is 5.36. The maximum atomic E-state index is 13.2. The number of allylic oxidation sites excluding steroid dienone is 2. The van der Waals surface area contributed by atoms with E-state index in [4.69, 9.17) is 10.1 Å². The van der Waals surface area contributed by atoms with Crippen LogP contribution >= 0.6 is 0 Å². The van der Waals surface area contributed by atoms with Gasteiger partial charge in [-0.1, -0.05) is 42.0 Å². The van der Waals surface area contributed by atoms with Crippen LogP contribution in [0, 0.1) is 19.7 Å². The maximum absolute atomic E-state index is 13.2. The molecule has 2 aromatic carbocycles. The van der Waals surface area contributed by atoms with Crippen molar-refractivity contribution in [2.45, 2.75) is 33.2 Å². The van der Waals surface area contributed by atoms with Crippen molar-refractivity contribution in [2.75, 3.05) is 6.61 Å². The predicted molar refractivity (Wildman–Crippen MR) is 129 cm³/mol. The second-order valence-electron chi connectivity index (χ2n) is 7.92. The molecule has 0 aliphatic heterocycles. The van der Waals surface area contributed by atoms with Crippen molar-refractivity contribution in [2.24, 2.45) is 12.0 Å². The number of hydrogen-bond donors (Lipinski definition) is 1. The lowest BCUT2D eigenvalue weighted by Crippen LogP contribution is -2.40. The summed E-state index contributed by atoms with van der Waals surface area (Å²) in [6.45, 7) is 3.67. The van der Waals surface area contributed by atoms with Crippen LogP contribution in [0.5, 0.6) is 0 Å². The summed E-state index contributed by atoms with van der Waals surface area (Å²) in [4.78, 5) is 30.3. The van der Waals surface area contributed by atoms with Gasteiger partial charge in [0.25, 0.3) is 5.56 Å². The number of benzene rings is 2. The van der Waals surface area contributed by atoms with Crippen LogP contribution in [0.4, 0.5) is 10.2 Å². The minimum Gasteiger partial charge on any atom is -0.396 e. The summed E-state index contributed by atoms with van der Waals surface area (Å²) in [5.41, 5.74) is 2.92. The Morgan fingerprint density at radius 2 is 1.85 bits per heavy atom. The zero-order chi connectivity index (χ0) is 24.0. The number of rotatable bonds is 8. The summed E-state index contributed by atoms with van der Waals surface area (Å²) >= 11 is 0. The average molecular weight is 450 g/mol. The van der Waals surface area contributed by atoms with Crippen LogP contribution in [0.15, 0.2) is 75.3 Å². The van der Waals surface area contributed by atoms with Gasteiger partial charge in [-0.2, -0.15) is 0 Å². The van der Waals surface area contributed by atoms with E-state index >= 15 is 0 Å². The van der Waals surface area contributed by atoms with Gasteiger partial charge >= 0.3 is 5.69 Å². The third-order valence-electron chi connectivity index (χ3n) is 5.36. The fourth-order valence-electron chi connectivity index (χ4n) is 3.54.